The van der Waals surface area contributed by atoms with E-state index >= 15 is 0 Å². The number of hydrogen-bond donors (Lipinski definition) is 5. The third kappa shape index (κ3) is 12.0. The highest BCUT2D eigenvalue weighted by Gasteiger charge is 2.30. The third-order valence-electron chi connectivity index (χ3n) is 9.90. The Bertz CT molecular complexity index is 2450. The molecule has 14 heteroatoms. The van der Waals surface area contributed by atoms with Crippen molar-refractivity contribution in [3.05, 3.63) is 160 Å². The standard InChI is InChI=1S/C50H52N2O12/c1-47(2,59)41(53)33-14-12-30(13-15-33)29-63-46(58)52(38-26-24-36(25-27-38)44(56)50(7,8)62)39-11-9-10-37(28-39)51-45(57)64-40(31-16-20-34(21-17-31)42(54)48(3,4)60)32-18-22-35(23-19-32)43(55)49(5,6)61/h9-28,40,59-62H,29H2,1-8H3,(H,51,57). The maximum atomic E-state index is 14.0. The smallest absolute Gasteiger partial charge is 0.419 e. The minimum atomic E-state index is -1.65. The predicted molar refractivity (Wildman–Crippen MR) is 239 cm³/mol. The molecular weight excluding hydrogens is 821 g/mol. The summed E-state index contributed by atoms with van der Waals surface area (Å²) in [5.74, 6) is -2.06. The van der Waals surface area contributed by atoms with Gasteiger partial charge in [-0.25, -0.2) is 14.5 Å². The molecular formula is C50H52N2O12. The molecule has 0 saturated heterocycles. The number of ether oxygens (including phenoxy) is 2. The van der Waals surface area contributed by atoms with E-state index in [1.54, 1.807) is 54.6 Å². The van der Waals surface area contributed by atoms with Gasteiger partial charge in [0.1, 0.15) is 29.0 Å². The minimum Gasteiger partial charge on any atom is -0.444 e. The van der Waals surface area contributed by atoms with Gasteiger partial charge in [0.15, 0.2) is 29.2 Å². The Morgan fingerprint density at radius 2 is 0.891 bits per heavy atom. The topological polar surface area (TPSA) is 217 Å². The molecule has 0 unspecified atom stereocenters. The lowest BCUT2D eigenvalue weighted by atomic mass is 9.92. The van der Waals surface area contributed by atoms with Crippen molar-refractivity contribution in [1.29, 1.82) is 0 Å². The van der Waals surface area contributed by atoms with E-state index < -0.39 is 63.8 Å². The lowest BCUT2D eigenvalue weighted by Gasteiger charge is -2.24. The highest BCUT2D eigenvalue weighted by atomic mass is 16.6. The van der Waals surface area contributed by atoms with Gasteiger partial charge in [-0.2, -0.15) is 0 Å². The lowest BCUT2D eigenvalue weighted by molar-refractivity contribution is 0.0487. The molecule has 5 aromatic carbocycles. The first-order chi connectivity index (χ1) is 29.7. The van der Waals surface area contributed by atoms with E-state index in [-0.39, 0.29) is 45.9 Å². The molecule has 0 aliphatic heterocycles. The summed E-state index contributed by atoms with van der Waals surface area (Å²) in [6.07, 6.45) is -2.86. The van der Waals surface area contributed by atoms with Crippen LogP contribution in [0.2, 0.25) is 0 Å². The second-order valence-corrected chi connectivity index (χ2v) is 17.4. The van der Waals surface area contributed by atoms with Gasteiger partial charge >= 0.3 is 12.2 Å². The molecule has 0 bridgehead atoms. The molecule has 0 aromatic heterocycles. The maximum Gasteiger partial charge on any atom is 0.419 e. The zero-order valence-electron chi connectivity index (χ0n) is 36.8. The first-order valence-corrected chi connectivity index (χ1v) is 20.3. The van der Waals surface area contributed by atoms with Crippen LogP contribution in [0.15, 0.2) is 121 Å². The van der Waals surface area contributed by atoms with Gasteiger partial charge in [0.05, 0.1) is 11.4 Å². The Morgan fingerprint density at radius 3 is 1.28 bits per heavy atom. The van der Waals surface area contributed by atoms with Crippen LogP contribution in [-0.4, -0.2) is 78.1 Å². The minimum absolute atomic E-state index is 0.190. The fourth-order valence-electron chi connectivity index (χ4n) is 6.42. The SMILES string of the molecule is CC(C)(O)C(=O)c1ccc(COC(=O)N(c2ccc(C(=O)C(C)(C)O)cc2)c2cccc(NC(=O)OC(c3ccc(C(=O)C(C)(C)O)cc3)c3ccc(C(=O)C(C)(C)O)cc3)c2)cc1. The molecule has 5 aromatic rings. The summed E-state index contributed by atoms with van der Waals surface area (Å²) < 4.78 is 11.7. The number of nitrogens with one attached hydrogen (secondary N) is 1. The zero-order chi connectivity index (χ0) is 47.4. The van der Waals surface area contributed by atoms with Crippen molar-refractivity contribution in [2.75, 3.05) is 10.2 Å². The Morgan fingerprint density at radius 1 is 0.516 bits per heavy atom. The highest BCUT2D eigenvalue weighted by molar-refractivity contribution is 6.04. The summed E-state index contributed by atoms with van der Waals surface area (Å²) in [6.45, 7) is 10.8. The van der Waals surface area contributed by atoms with Crippen molar-refractivity contribution >= 4 is 52.4 Å². The largest absolute Gasteiger partial charge is 0.444 e. The predicted octanol–water partition coefficient (Wildman–Crippen LogP) is 8.31. The van der Waals surface area contributed by atoms with E-state index in [0.29, 0.717) is 16.7 Å². The lowest BCUT2D eigenvalue weighted by Crippen LogP contribution is -2.31. The van der Waals surface area contributed by atoms with Gasteiger partial charge in [0.2, 0.25) is 0 Å². The van der Waals surface area contributed by atoms with E-state index in [2.05, 4.69) is 5.32 Å². The van der Waals surface area contributed by atoms with E-state index in [1.165, 1.54) is 127 Å². The van der Waals surface area contributed by atoms with E-state index in [0.717, 1.165) is 0 Å². The monoisotopic (exact) mass is 872 g/mol. The van der Waals surface area contributed by atoms with E-state index in [1.807, 2.05) is 0 Å². The normalized spacial score (nSPS) is 12.0. The van der Waals surface area contributed by atoms with Gasteiger partial charge in [-0.05, 0) is 115 Å². The maximum absolute atomic E-state index is 14.0. The summed E-state index contributed by atoms with van der Waals surface area (Å²) in [7, 11) is 0. The average Bonchev–Trinajstić information content (AvgIpc) is 3.23. The number of Topliss-reactive ketones (excluding diaryl/α,β-unsaturated/α-hetero) is 4. The quantitative estimate of drug-likeness (QED) is 0.0592. The number of carbonyl (C=O) groups excluding carboxylic acids is 6. The number of benzene rings is 5. The molecule has 0 spiro atoms. The molecule has 0 fully saturated rings. The van der Waals surface area contributed by atoms with Crippen molar-refractivity contribution in [1.82, 2.24) is 0 Å². The molecule has 2 amide bonds. The van der Waals surface area contributed by atoms with Crippen molar-refractivity contribution < 1.29 is 58.7 Å². The molecule has 0 saturated carbocycles. The molecule has 14 nitrogen and oxygen atoms in total. The fraction of sp³-hybridized carbons (Fsp3) is 0.280. The number of anilines is 3. The first kappa shape index (κ1) is 48.2. The highest BCUT2D eigenvalue weighted by Crippen LogP contribution is 2.32. The number of nitrogens with zero attached hydrogens (tertiary/aromatic N) is 1. The van der Waals surface area contributed by atoms with Gasteiger partial charge < -0.3 is 29.9 Å². The number of aliphatic hydroxyl groups is 4. The van der Waals surface area contributed by atoms with Crippen molar-refractivity contribution in [2.45, 2.75) is 90.5 Å². The Hall–Kier alpha value is -6.84. The van der Waals surface area contributed by atoms with Crippen LogP contribution in [0, 0.1) is 0 Å². The first-order valence-electron chi connectivity index (χ1n) is 20.3. The number of carbonyl (C=O) groups is 6. The van der Waals surface area contributed by atoms with Crippen LogP contribution in [-0.2, 0) is 16.1 Å². The van der Waals surface area contributed by atoms with Gasteiger partial charge in [0, 0.05) is 27.9 Å². The molecule has 0 heterocycles. The molecule has 334 valence electrons. The molecule has 64 heavy (non-hydrogen) atoms. The van der Waals surface area contributed by atoms with Gasteiger partial charge in [0.25, 0.3) is 0 Å². The molecule has 5 rings (SSSR count). The van der Waals surface area contributed by atoms with Crippen LogP contribution in [0.1, 0.15) is 120 Å². The molecule has 0 radical (unpaired) electrons. The summed E-state index contributed by atoms with van der Waals surface area (Å²) in [5.41, 5.74) is -3.48. The number of hydrogen-bond acceptors (Lipinski definition) is 12. The van der Waals surface area contributed by atoms with Gasteiger partial charge in [-0.15, -0.1) is 0 Å². The Balaban J connectivity index is 1.44. The second kappa shape index (κ2) is 18.9. The van der Waals surface area contributed by atoms with Crippen molar-refractivity contribution in [3.8, 4) is 0 Å². The third-order valence-corrected chi connectivity index (χ3v) is 9.90. The van der Waals surface area contributed by atoms with Crippen molar-refractivity contribution in [2.24, 2.45) is 0 Å². The molecule has 0 atom stereocenters. The molecule has 0 aliphatic carbocycles. The Kier molecular flexibility index (Phi) is 14.2. The fourth-order valence-corrected chi connectivity index (χ4v) is 6.42. The molecule has 0 aliphatic rings. The van der Waals surface area contributed by atoms with Gasteiger partial charge in [-0.1, -0.05) is 78.9 Å². The number of rotatable bonds is 16. The summed E-state index contributed by atoms with van der Waals surface area (Å²) >= 11 is 0. The Labute approximate surface area is 371 Å². The molecule has 5 N–H and O–H groups in total. The van der Waals surface area contributed by atoms with Crippen LogP contribution in [0.4, 0.5) is 26.7 Å². The number of amides is 2. The second-order valence-electron chi connectivity index (χ2n) is 17.4. The van der Waals surface area contributed by atoms with Crippen LogP contribution in [0.3, 0.4) is 0 Å². The van der Waals surface area contributed by atoms with Crippen LogP contribution >= 0.6 is 0 Å². The summed E-state index contributed by atoms with van der Waals surface area (Å²) in [4.78, 5) is 79.7. The summed E-state index contributed by atoms with van der Waals surface area (Å²) in [6, 6.07) is 30.6. The van der Waals surface area contributed by atoms with Crippen LogP contribution in [0.5, 0.6) is 0 Å². The van der Waals surface area contributed by atoms with Crippen molar-refractivity contribution in [3.63, 3.8) is 0 Å². The van der Waals surface area contributed by atoms with Gasteiger partial charge in [-0.3, -0.25) is 24.5 Å². The average molecular weight is 873 g/mol. The summed E-state index contributed by atoms with van der Waals surface area (Å²) in [5, 5.41) is 43.6. The zero-order valence-corrected chi connectivity index (χ0v) is 36.8. The van der Waals surface area contributed by atoms with Crippen LogP contribution in [0.25, 0.3) is 0 Å². The van der Waals surface area contributed by atoms with Crippen LogP contribution < -0.4 is 10.2 Å². The van der Waals surface area contributed by atoms with E-state index in [4.69, 9.17) is 9.47 Å². The number of ketones is 4. The van der Waals surface area contributed by atoms with E-state index in [9.17, 15) is 49.2 Å².